The molecule has 0 amide bonds. The van der Waals surface area contributed by atoms with Crippen molar-refractivity contribution in [3.05, 3.63) is 18.6 Å². The van der Waals surface area contributed by atoms with Crippen molar-refractivity contribution in [3.8, 4) is 0 Å². The van der Waals surface area contributed by atoms with E-state index in [1.54, 1.807) is 25.5 Å². The largest absolute Gasteiger partial charge is 0.459 e. The van der Waals surface area contributed by atoms with Crippen LogP contribution in [-0.2, 0) is 9.53 Å². The van der Waals surface area contributed by atoms with Crippen molar-refractivity contribution >= 4 is 17.7 Å². The summed E-state index contributed by atoms with van der Waals surface area (Å²) in [5.74, 6) is -0.233. The van der Waals surface area contributed by atoms with Gasteiger partial charge in [-0.25, -0.2) is 4.98 Å². The van der Waals surface area contributed by atoms with Crippen LogP contribution >= 0.6 is 11.8 Å². The quantitative estimate of drug-likeness (QED) is 0.599. The minimum absolute atomic E-state index is 0.233. The first-order valence-corrected chi connectivity index (χ1v) is 5.92. The van der Waals surface area contributed by atoms with Gasteiger partial charge in [0.1, 0.15) is 15.9 Å². The molecule has 0 spiro atoms. The lowest BCUT2D eigenvalue weighted by Gasteiger charge is -2.21. The number of hydrogen-bond donors (Lipinski definition) is 0. The molecule has 0 fully saturated rings. The maximum absolute atomic E-state index is 11.7. The standard InChI is InChI=1S/C11H16N2O2S/c1-8(10(14)15-11(2,3)4)16-9-7-12-5-6-13-9/h5-8H,1-4H3. The molecule has 1 heterocycles. The van der Waals surface area contributed by atoms with Gasteiger partial charge in [-0.2, -0.15) is 0 Å². The van der Waals surface area contributed by atoms with Gasteiger partial charge in [0.25, 0.3) is 0 Å². The van der Waals surface area contributed by atoms with Gasteiger partial charge in [-0.05, 0) is 27.7 Å². The average Bonchev–Trinajstić information content (AvgIpc) is 2.16. The van der Waals surface area contributed by atoms with Crippen LogP contribution in [0.15, 0.2) is 23.6 Å². The summed E-state index contributed by atoms with van der Waals surface area (Å²) in [6.07, 6.45) is 4.83. The number of esters is 1. The zero-order valence-electron chi connectivity index (χ0n) is 9.93. The topological polar surface area (TPSA) is 52.1 Å². The van der Waals surface area contributed by atoms with Crippen LogP contribution in [0.25, 0.3) is 0 Å². The summed E-state index contributed by atoms with van der Waals surface area (Å²) in [6, 6.07) is 0. The molecule has 16 heavy (non-hydrogen) atoms. The fourth-order valence-corrected chi connectivity index (χ4v) is 1.71. The third-order valence-corrected chi connectivity index (χ3v) is 2.57. The van der Waals surface area contributed by atoms with E-state index in [1.807, 2.05) is 20.8 Å². The summed E-state index contributed by atoms with van der Waals surface area (Å²) in [7, 11) is 0. The zero-order valence-corrected chi connectivity index (χ0v) is 10.7. The first-order chi connectivity index (χ1) is 7.38. The van der Waals surface area contributed by atoms with Crippen molar-refractivity contribution in [3.63, 3.8) is 0 Å². The third kappa shape index (κ3) is 4.61. The molecule has 1 rings (SSSR count). The van der Waals surface area contributed by atoms with Gasteiger partial charge in [0.15, 0.2) is 0 Å². The van der Waals surface area contributed by atoms with Gasteiger partial charge in [0.05, 0.1) is 6.20 Å². The Kier molecular flexibility index (Phi) is 4.29. The summed E-state index contributed by atoms with van der Waals surface area (Å²) >= 11 is 1.34. The molecule has 0 bridgehead atoms. The molecule has 0 saturated heterocycles. The highest BCUT2D eigenvalue weighted by molar-refractivity contribution is 8.00. The Bertz CT molecular complexity index is 349. The summed E-state index contributed by atoms with van der Waals surface area (Å²) < 4.78 is 5.26. The molecule has 1 unspecified atom stereocenters. The normalized spacial score (nSPS) is 13.2. The second kappa shape index (κ2) is 5.30. The fourth-order valence-electron chi connectivity index (χ4n) is 0.960. The Morgan fingerprint density at radius 1 is 1.44 bits per heavy atom. The van der Waals surface area contributed by atoms with Crippen LogP contribution in [0.1, 0.15) is 27.7 Å². The van der Waals surface area contributed by atoms with Gasteiger partial charge in [0.2, 0.25) is 0 Å². The van der Waals surface area contributed by atoms with E-state index in [2.05, 4.69) is 9.97 Å². The predicted octanol–water partition coefficient (Wildman–Crippen LogP) is 2.30. The minimum atomic E-state index is -0.450. The van der Waals surface area contributed by atoms with Gasteiger partial charge in [-0.1, -0.05) is 11.8 Å². The van der Waals surface area contributed by atoms with E-state index in [4.69, 9.17) is 4.74 Å². The van der Waals surface area contributed by atoms with E-state index in [1.165, 1.54) is 11.8 Å². The van der Waals surface area contributed by atoms with Crippen molar-refractivity contribution in [1.82, 2.24) is 9.97 Å². The fraction of sp³-hybridized carbons (Fsp3) is 0.545. The predicted molar refractivity (Wildman–Crippen MR) is 63.2 cm³/mol. The molecule has 0 aliphatic rings. The number of carbonyl (C=O) groups is 1. The van der Waals surface area contributed by atoms with Crippen LogP contribution in [0.5, 0.6) is 0 Å². The number of carbonyl (C=O) groups excluding carboxylic acids is 1. The van der Waals surface area contributed by atoms with Crippen molar-refractivity contribution in [2.45, 2.75) is 43.6 Å². The lowest BCUT2D eigenvalue weighted by atomic mass is 10.2. The molecule has 4 nitrogen and oxygen atoms in total. The van der Waals surface area contributed by atoms with E-state index in [9.17, 15) is 4.79 Å². The summed E-state index contributed by atoms with van der Waals surface area (Å²) in [4.78, 5) is 19.7. The summed E-state index contributed by atoms with van der Waals surface area (Å²) in [6.45, 7) is 7.35. The smallest absolute Gasteiger partial charge is 0.319 e. The van der Waals surface area contributed by atoms with Crippen LogP contribution in [0.4, 0.5) is 0 Å². The number of nitrogens with zero attached hydrogens (tertiary/aromatic N) is 2. The maximum Gasteiger partial charge on any atom is 0.319 e. The first-order valence-electron chi connectivity index (χ1n) is 5.04. The molecule has 1 aromatic heterocycles. The van der Waals surface area contributed by atoms with E-state index in [0.29, 0.717) is 0 Å². The highest BCUT2D eigenvalue weighted by atomic mass is 32.2. The second-order valence-electron chi connectivity index (χ2n) is 4.34. The Labute approximate surface area is 99.8 Å². The Balaban J connectivity index is 2.53. The lowest BCUT2D eigenvalue weighted by molar-refractivity contribution is -0.153. The van der Waals surface area contributed by atoms with E-state index < -0.39 is 5.60 Å². The monoisotopic (exact) mass is 240 g/mol. The van der Waals surface area contributed by atoms with Crippen molar-refractivity contribution in [1.29, 1.82) is 0 Å². The van der Waals surface area contributed by atoms with E-state index in [0.717, 1.165) is 5.03 Å². The van der Waals surface area contributed by atoms with Gasteiger partial charge < -0.3 is 4.74 Å². The molecule has 0 aliphatic carbocycles. The first kappa shape index (κ1) is 13.0. The van der Waals surface area contributed by atoms with Gasteiger partial charge in [-0.15, -0.1) is 0 Å². The van der Waals surface area contributed by atoms with Crippen LogP contribution in [-0.4, -0.2) is 26.8 Å². The molecule has 88 valence electrons. The molecule has 0 N–H and O–H groups in total. The van der Waals surface area contributed by atoms with E-state index >= 15 is 0 Å². The third-order valence-electron chi connectivity index (χ3n) is 1.58. The van der Waals surface area contributed by atoms with Gasteiger partial charge >= 0.3 is 5.97 Å². The second-order valence-corrected chi connectivity index (χ2v) is 5.70. The van der Waals surface area contributed by atoms with Crippen molar-refractivity contribution in [2.24, 2.45) is 0 Å². The molecule has 1 atom stereocenters. The Morgan fingerprint density at radius 3 is 2.62 bits per heavy atom. The van der Waals surface area contributed by atoms with Crippen LogP contribution in [0.3, 0.4) is 0 Å². The number of ether oxygens (including phenoxy) is 1. The molecule has 0 aliphatic heterocycles. The molecule has 1 aromatic rings. The molecule has 0 saturated carbocycles. The Morgan fingerprint density at radius 2 is 2.12 bits per heavy atom. The van der Waals surface area contributed by atoms with Crippen molar-refractivity contribution < 1.29 is 9.53 Å². The van der Waals surface area contributed by atoms with Crippen LogP contribution in [0.2, 0.25) is 0 Å². The number of hydrogen-bond acceptors (Lipinski definition) is 5. The average molecular weight is 240 g/mol. The van der Waals surface area contributed by atoms with Gasteiger partial charge in [0, 0.05) is 12.4 Å². The highest BCUT2D eigenvalue weighted by Crippen LogP contribution is 2.22. The molecular weight excluding hydrogens is 224 g/mol. The maximum atomic E-state index is 11.7. The number of rotatable bonds is 3. The molecule has 0 aromatic carbocycles. The minimum Gasteiger partial charge on any atom is -0.459 e. The summed E-state index contributed by atoms with van der Waals surface area (Å²) in [5.41, 5.74) is -0.450. The number of thioether (sulfide) groups is 1. The molecule has 5 heteroatoms. The van der Waals surface area contributed by atoms with Crippen LogP contribution in [0, 0.1) is 0 Å². The SMILES string of the molecule is CC(Sc1cnccn1)C(=O)OC(C)(C)C. The summed E-state index contributed by atoms with van der Waals surface area (Å²) in [5, 5.41) is 0.441. The van der Waals surface area contributed by atoms with Crippen LogP contribution < -0.4 is 0 Å². The molecular formula is C11H16N2O2S. The zero-order chi connectivity index (χ0) is 12.2. The van der Waals surface area contributed by atoms with E-state index in [-0.39, 0.29) is 11.2 Å². The van der Waals surface area contributed by atoms with Crippen molar-refractivity contribution in [2.75, 3.05) is 0 Å². The lowest BCUT2D eigenvalue weighted by Crippen LogP contribution is -2.28. The van der Waals surface area contributed by atoms with Gasteiger partial charge in [-0.3, -0.25) is 9.78 Å². The Hall–Kier alpha value is -1.10. The molecule has 0 radical (unpaired) electrons. The highest BCUT2D eigenvalue weighted by Gasteiger charge is 2.22. The number of aromatic nitrogens is 2.